The number of nitrogens with zero attached hydrogens (tertiary/aromatic N) is 2. The van der Waals surface area contributed by atoms with E-state index in [9.17, 15) is 9.90 Å². The zero-order valence-electron chi connectivity index (χ0n) is 9.07. The first-order valence-corrected chi connectivity index (χ1v) is 5.23. The first-order chi connectivity index (χ1) is 6.61. The molecule has 1 N–H and O–H groups in total. The van der Waals surface area contributed by atoms with Gasteiger partial charge in [-0.15, -0.1) is 0 Å². The Bertz CT molecular complexity index is 195. The fraction of sp³-hybridized carbons (Fsp3) is 0.900. The van der Waals surface area contributed by atoms with Crippen LogP contribution in [0.4, 0.5) is 0 Å². The van der Waals surface area contributed by atoms with Crippen molar-refractivity contribution in [3.63, 3.8) is 0 Å². The van der Waals surface area contributed by atoms with E-state index in [4.69, 9.17) is 0 Å². The van der Waals surface area contributed by atoms with Crippen molar-refractivity contribution in [2.75, 3.05) is 33.7 Å². The lowest BCUT2D eigenvalue weighted by atomic mass is 10.1. The lowest BCUT2D eigenvalue weighted by Crippen LogP contribution is -2.44. The number of piperidine rings is 1. The van der Waals surface area contributed by atoms with Crippen molar-refractivity contribution >= 4 is 5.91 Å². The van der Waals surface area contributed by atoms with Gasteiger partial charge in [0.1, 0.15) is 6.10 Å². The molecule has 1 aliphatic rings. The number of carbonyl (C=O) groups excluding carboxylic acids is 1. The van der Waals surface area contributed by atoms with Gasteiger partial charge in [-0.1, -0.05) is 0 Å². The number of hydrogen-bond donors (Lipinski definition) is 1. The predicted octanol–water partition coefficient (Wildman–Crippen LogP) is -0.0786. The van der Waals surface area contributed by atoms with Crippen molar-refractivity contribution in [1.82, 2.24) is 9.80 Å². The lowest BCUT2D eigenvalue weighted by molar-refractivity contribution is -0.143. The highest BCUT2D eigenvalue weighted by atomic mass is 16.3. The minimum atomic E-state index is -0.747. The van der Waals surface area contributed by atoms with E-state index in [0.29, 0.717) is 6.42 Å². The minimum Gasteiger partial charge on any atom is -0.383 e. The highest BCUT2D eigenvalue weighted by molar-refractivity contribution is 5.81. The largest absolute Gasteiger partial charge is 0.383 e. The Labute approximate surface area is 85.5 Å². The Hall–Kier alpha value is -0.610. The molecule has 0 saturated carbocycles. The Balaban J connectivity index is 2.25. The van der Waals surface area contributed by atoms with Crippen molar-refractivity contribution in [1.29, 1.82) is 0 Å². The van der Waals surface area contributed by atoms with Crippen LogP contribution in [0, 0.1) is 0 Å². The van der Waals surface area contributed by atoms with E-state index in [1.54, 1.807) is 4.90 Å². The maximum atomic E-state index is 11.5. The highest BCUT2D eigenvalue weighted by Gasteiger charge is 2.25. The quantitative estimate of drug-likeness (QED) is 0.690. The summed E-state index contributed by atoms with van der Waals surface area (Å²) in [6.45, 7) is 2.57. The van der Waals surface area contributed by atoms with Gasteiger partial charge < -0.3 is 14.9 Å². The molecule has 1 heterocycles. The molecule has 0 aromatic rings. The predicted molar refractivity (Wildman–Crippen MR) is 55.0 cm³/mol. The number of likely N-dealkylation sites (tertiary alicyclic amines) is 1. The molecule has 0 radical (unpaired) electrons. The molecule has 14 heavy (non-hydrogen) atoms. The second-order valence-corrected chi connectivity index (χ2v) is 4.14. The summed E-state index contributed by atoms with van der Waals surface area (Å²) in [5.41, 5.74) is 0. The maximum absolute atomic E-state index is 11.5. The van der Waals surface area contributed by atoms with Gasteiger partial charge in [0.05, 0.1) is 0 Å². The van der Waals surface area contributed by atoms with E-state index in [-0.39, 0.29) is 5.91 Å². The van der Waals surface area contributed by atoms with E-state index in [1.165, 1.54) is 0 Å². The van der Waals surface area contributed by atoms with E-state index in [0.717, 1.165) is 32.5 Å². The molecule has 1 atom stereocenters. The highest BCUT2D eigenvalue weighted by Crippen LogP contribution is 2.11. The summed E-state index contributed by atoms with van der Waals surface area (Å²) < 4.78 is 0. The van der Waals surface area contributed by atoms with Gasteiger partial charge in [0.15, 0.2) is 0 Å². The van der Waals surface area contributed by atoms with Gasteiger partial charge in [-0.25, -0.2) is 0 Å². The van der Waals surface area contributed by atoms with Crippen LogP contribution in [-0.2, 0) is 4.79 Å². The Morgan fingerprint density at radius 3 is 2.93 bits per heavy atom. The average Bonchev–Trinajstić information content (AvgIpc) is 2.12. The molecule has 4 nitrogen and oxygen atoms in total. The van der Waals surface area contributed by atoms with Crippen molar-refractivity contribution in [2.45, 2.75) is 25.4 Å². The molecule has 1 unspecified atom stereocenters. The van der Waals surface area contributed by atoms with Crippen molar-refractivity contribution in [3.8, 4) is 0 Å². The lowest BCUT2D eigenvalue weighted by Gasteiger charge is -2.30. The molecular formula is C10H20N2O2. The number of aliphatic hydroxyl groups excluding tert-OH is 1. The molecule has 1 fully saturated rings. The van der Waals surface area contributed by atoms with Gasteiger partial charge in [-0.2, -0.15) is 0 Å². The number of amides is 1. The summed E-state index contributed by atoms with van der Waals surface area (Å²) >= 11 is 0. The molecule has 82 valence electrons. The van der Waals surface area contributed by atoms with Gasteiger partial charge in [0, 0.05) is 13.1 Å². The summed E-state index contributed by atoms with van der Waals surface area (Å²) in [5, 5.41) is 9.36. The zero-order chi connectivity index (χ0) is 10.6. The van der Waals surface area contributed by atoms with Crippen LogP contribution < -0.4 is 0 Å². The van der Waals surface area contributed by atoms with Crippen molar-refractivity contribution in [2.24, 2.45) is 0 Å². The molecule has 0 bridgehead atoms. The van der Waals surface area contributed by atoms with Crippen LogP contribution in [0.2, 0.25) is 0 Å². The van der Waals surface area contributed by atoms with Crippen LogP contribution >= 0.6 is 0 Å². The number of rotatable bonds is 4. The molecule has 1 rings (SSSR count). The third kappa shape index (κ3) is 3.27. The van der Waals surface area contributed by atoms with Gasteiger partial charge in [-0.3, -0.25) is 4.79 Å². The smallest absolute Gasteiger partial charge is 0.251 e. The molecule has 4 heteroatoms. The first-order valence-electron chi connectivity index (χ1n) is 5.23. The number of carbonyl (C=O) groups is 1. The molecular weight excluding hydrogens is 180 g/mol. The standard InChI is InChI=1S/C10H20N2O2/c1-11(2)6-4-8-12-7-3-5-9(13)10(12)14/h9,13H,3-8H2,1-2H3. The summed E-state index contributed by atoms with van der Waals surface area (Å²) in [5.74, 6) is -0.0880. The summed E-state index contributed by atoms with van der Waals surface area (Å²) in [6.07, 6.45) is 1.78. The van der Waals surface area contributed by atoms with Crippen LogP contribution in [-0.4, -0.2) is 60.6 Å². The normalized spacial score (nSPS) is 23.3. The maximum Gasteiger partial charge on any atom is 0.251 e. The number of hydrogen-bond acceptors (Lipinski definition) is 3. The van der Waals surface area contributed by atoms with E-state index < -0.39 is 6.10 Å². The topological polar surface area (TPSA) is 43.8 Å². The molecule has 0 aromatic heterocycles. The van der Waals surface area contributed by atoms with Gasteiger partial charge >= 0.3 is 0 Å². The van der Waals surface area contributed by atoms with Gasteiger partial charge in [0.25, 0.3) is 5.91 Å². The Morgan fingerprint density at radius 2 is 2.29 bits per heavy atom. The molecule has 0 aromatic carbocycles. The SMILES string of the molecule is CN(C)CCCN1CCCC(O)C1=O. The second-order valence-electron chi connectivity index (χ2n) is 4.14. The second kappa shape index (κ2) is 5.32. The van der Waals surface area contributed by atoms with Crippen LogP contribution in [0.3, 0.4) is 0 Å². The Morgan fingerprint density at radius 1 is 1.57 bits per heavy atom. The molecule has 0 spiro atoms. The van der Waals surface area contributed by atoms with Gasteiger partial charge in [-0.05, 0) is 39.9 Å². The van der Waals surface area contributed by atoms with Crippen LogP contribution in [0.15, 0.2) is 0 Å². The molecule has 0 aliphatic carbocycles. The third-order valence-electron chi connectivity index (χ3n) is 2.54. The van der Waals surface area contributed by atoms with Crippen LogP contribution in [0.5, 0.6) is 0 Å². The molecule has 1 saturated heterocycles. The summed E-state index contributed by atoms with van der Waals surface area (Å²) in [7, 11) is 4.04. The fourth-order valence-electron chi connectivity index (χ4n) is 1.72. The van der Waals surface area contributed by atoms with E-state index in [1.807, 2.05) is 14.1 Å². The fourth-order valence-corrected chi connectivity index (χ4v) is 1.72. The van der Waals surface area contributed by atoms with Crippen molar-refractivity contribution in [3.05, 3.63) is 0 Å². The summed E-state index contributed by atoms with van der Waals surface area (Å²) in [6, 6.07) is 0. The van der Waals surface area contributed by atoms with Crippen LogP contribution in [0.1, 0.15) is 19.3 Å². The average molecular weight is 200 g/mol. The Kier molecular flexibility index (Phi) is 4.35. The van der Waals surface area contributed by atoms with Crippen LogP contribution in [0.25, 0.3) is 0 Å². The molecule has 1 amide bonds. The molecule has 1 aliphatic heterocycles. The zero-order valence-corrected chi connectivity index (χ0v) is 9.07. The summed E-state index contributed by atoms with van der Waals surface area (Å²) in [4.78, 5) is 15.3. The van der Waals surface area contributed by atoms with Crippen molar-refractivity contribution < 1.29 is 9.90 Å². The van der Waals surface area contributed by atoms with E-state index >= 15 is 0 Å². The number of aliphatic hydroxyl groups is 1. The minimum absolute atomic E-state index is 0.0880. The van der Waals surface area contributed by atoms with Gasteiger partial charge in [0.2, 0.25) is 0 Å². The monoisotopic (exact) mass is 200 g/mol. The first kappa shape index (κ1) is 11.5. The van der Waals surface area contributed by atoms with E-state index in [2.05, 4.69) is 4.90 Å². The third-order valence-corrected chi connectivity index (χ3v) is 2.54.